The number of allylic oxidation sites excluding steroid dienone is 2. The first-order chi connectivity index (χ1) is 17.1. The Hall–Kier alpha value is -3.90. The minimum atomic E-state index is 0.0284. The van der Waals surface area contributed by atoms with Crippen molar-refractivity contribution in [3.05, 3.63) is 131 Å². The van der Waals surface area contributed by atoms with Gasteiger partial charge >= 0.3 is 0 Å². The van der Waals surface area contributed by atoms with E-state index in [2.05, 4.69) is 104 Å². The molecule has 0 saturated carbocycles. The average molecular weight is 460 g/mol. The fourth-order valence-corrected chi connectivity index (χ4v) is 4.89. The summed E-state index contributed by atoms with van der Waals surface area (Å²) in [5.41, 5.74) is 7.94. The summed E-state index contributed by atoms with van der Waals surface area (Å²) in [7, 11) is 0. The summed E-state index contributed by atoms with van der Waals surface area (Å²) in [5.74, 6) is 0.992. The molecule has 0 unspecified atom stereocenters. The molecule has 0 bridgehead atoms. The number of benzene rings is 3. The second kappa shape index (κ2) is 11.5. The number of amidine groups is 1. The van der Waals surface area contributed by atoms with Crippen molar-refractivity contribution in [3.8, 4) is 6.07 Å². The van der Waals surface area contributed by atoms with Crippen molar-refractivity contribution in [3.63, 3.8) is 0 Å². The summed E-state index contributed by atoms with van der Waals surface area (Å²) in [6, 6.07) is 31.4. The zero-order chi connectivity index (χ0) is 24.6. The summed E-state index contributed by atoms with van der Waals surface area (Å²) in [4.78, 5) is 7.39. The van der Waals surface area contributed by atoms with Crippen LogP contribution in [0, 0.1) is 11.3 Å². The molecule has 0 aromatic heterocycles. The lowest BCUT2D eigenvalue weighted by atomic mass is 9.92. The molecule has 3 heteroatoms. The minimum absolute atomic E-state index is 0.0284. The van der Waals surface area contributed by atoms with Crippen LogP contribution in [0.2, 0.25) is 0 Å². The molecule has 3 aromatic carbocycles. The number of unbranched alkanes of at least 4 members (excludes halogenated alkanes) is 1. The summed E-state index contributed by atoms with van der Waals surface area (Å²) in [6.07, 6.45) is 5.03. The van der Waals surface area contributed by atoms with E-state index in [1.807, 2.05) is 12.1 Å². The van der Waals surface area contributed by atoms with Gasteiger partial charge in [-0.15, -0.1) is 0 Å². The zero-order valence-corrected chi connectivity index (χ0v) is 20.7. The molecule has 176 valence electrons. The van der Waals surface area contributed by atoms with E-state index in [1.165, 1.54) is 22.3 Å². The Kier molecular flexibility index (Phi) is 7.95. The summed E-state index contributed by atoms with van der Waals surface area (Å²) in [5, 5.41) is 9.01. The van der Waals surface area contributed by atoms with Crippen molar-refractivity contribution in [2.24, 2.45) is 4.99 Å². The molecule has 0 atom stereocenters. The lowest BCUT2D eigenvalue weighted by Crippen LogP contribution is -2.36. The van der Waals surface area contributed by atoms with Gasteiger partial charge in [-0.3, -0.25) is 0 Å². The zero-order valence-electron chi connectivity index (χ0n) is 20.7. The van der Waals surface area contributed by atoms with Gasteiger partial charge in [0.25, 0.3) is 0 Å². The Morgan fingerprint density at radius 3 is 1.97 bits per heavy atom. The highest BCUT2D eigenvalue weighted by atomic mass is 15.2. The molecular weight excluding hydrogens is 426 g/mol. The third kappa shape index (κ3) is 5.61. The smallest absolute Gasteiger partial charge is 0.107 e. The molecule has 4 rings (SSSR count). The molecule has 3 nitrogen and oxygen atoms in total. The summed E-state index contributed by atoms with van der Waals surface area (Å²) < 4.78 is 0. The average Bonchev–Trinajstić information content (AvgIpc) is 2.91. The third-order valence-corrected chi connectivity index (χ3v) is 6.68. The van der Waals surface area contributed by atoms with Crippen molar-refractivity contribution in [2.75, 3.05) is 0 Å². The van der Waals surface area contributed by atoms with Gasteiger partial charge in [-0.1, -0.05) is 86.3 Å². The lowest BCUT2D eigenvalue weighted by molar-refractivity contribution is 0.428. The maximum absolute atomic E-state index is 9.01. The monoisotopic (exact) mass is 459 g/mol. The number of nitrogens with zero attached hydrogens (tertiary/aromatic N) is 3. The molecule has 0 N–H and O–H groups in total. The molecule has 3 aromatic rings. The minimum Gasteiger partial charge on any atom is -0.319 e. The molecule has 0 spiro atoms. The molecule has 0 radical (unpaired) electrons. The first kappa shape index (κ1) is 24.2. The van der Waals surface area contributed by atoms with E-state index in [-0.39, 0.29) is 6.04 Å². The highest BCUT2D eigenvalue weighted by Crippen LogP contribution is 2.39. The van der Waals surface area contributed by atoms with Gasteiger partial charge in [0.2, 0.25) is 0 Å². The fraction of sp³-hybridized carbons (Fsp3) is 0.250. The molecule has 0 fully saturated rings. The molecule has 1 aliphatic heterocycles. The van der Waals surface area contributed by atoms with Gasteiger partial charge in [-0.05, 0) is 73.4 Å². The van der Waals surface area contributed by atoms with Gasteiger partial charge in [-0.25, -0.2) is 4.99 Å². The second-order valence-corrected chi connectivity index (χ2v) is 8.99. The standard InChI is InChI=1S/C32H33N3/c1-4-31-30(18-12-11-13-26-19-21-27(23-33)22-20-26)24(2)35(25(3)34-31)32(28-14-7-5-8-15-28)29-16-9-6-10-17-29/h5-10,14-17,19-22,32H,2,4,11-13,18H2,1,3H3. The molecular formula is C32H33N3. The number of aryl methyl sites for hydroxylation is 1. The highest BCUT2D eigenvalue weighted by molar-refractivity contribution is 5.86. The maximum atomic E-state index is 9.01. The fourth-order valence-electron chi connectivity index (χ4n) is 4.89. The molecule has 1 heterocycles. The third-order valence-electron chi connectivity index (χ3n) is 6.68. The highest BCUT2D eigenvalue weighted by Gasteiger charge is 2.30. The largest absolute Gasteiger partial charge is 0.319 e. The van der Waals surface area contributed by atoms with Crippen LogP contribution in [0.1, 0.15) is 67.8 Å². The van der Waals surface area contributed by atoms with Crippen LogP contribution in [0.15, 0.2) is 113 Å². The van der Waals surface area contributed by atoms with E-state index >= 15 is 0 Å². The molecule has 0 saturated heterocycles. The van der Waals surface area contributed by atoms with Crippen LogP contribution in [0.4, 0.5) is 0 Å². The van der Waals surface area contributed by atoms with Gasteiger partial charge in [0.15, 0.2) is 0 Å². The van der Waals surface area contributed by atoms with Crippen LogP contribution in [-0.2, 0) is 6.42 Å². The van der Waals surface area contributed by atoms with E-state index in [4.69, 9.17) is 10.3 Å². The number of rotatable bonds is 9. The first-order valence-corrected chi connectivity index (χ1v) is 12.5. The van der Waals surface area contributed by atoms with Crippen LogP contribution in [0.3, 0.4) is 0 Å². The van der Waals surface area contributed by atoms with Crippen LogP contribution >= 0.6 is 0 Å². The van der Waals surface area contributed by atoms with Crippen LogP contribution in [0.25, 0.3) is 0 Å². The van der Waals surface area contributed by atoms with E-state index < -0.39 is 0 Å². The SMILES string of the molecule is C=C1C(CCCCc2ccc(C#N)cc2)=C(CC)N=C(C)N1C(c1ccccc1)c1ccccc1. The number of hydrogen-bond acceptors (Lipinski definition) is 3. The van der Waals surface area contributed by atoms with Crippen molar-refractivity contribution >= 4 is 5.84 Å². The van der Waals surface area contributed by atoms with Crippen LogP contribution < -0.4 is 0 Å². The maximum Gasteiger partial charge on any atom is 0.107 e. The van der Waals surface area contributed by atoms with Gasteiger partial charge in [0.1, 0.15) is 5.84 Å². The first-order valence-electron chi connectivity index (χ1n) is 12.5. The summed E-state index contributed by atoms with van der Waals surface area (Å²) >= 11 is 0. The quantitative estimate of drug-likeness (QED) is 0.304. The number of nitriles is 1. The van der Waals surface area contributed by atoms with E-state index in [9.17, 15) is 0 Å². The Bertz CT molecular complexity index is 1210. The second-order valence-electron chi connectivity index (χ2n) is 8.99. The molecule has 1 aliphatic rings. The summed E-state index contributed by atoms with van der Waals surface area (Å²) in [6.45, 7) is 8.89. The molecule has 35 heavy (non-hydrogen) atoms. The van der Waals surface area contributed by atoms with Gasteiger partial charge in [-0.2, -0.15) is 5.26 Å². The van der Waals surface area contributed by atoms with E-state index in [0.717, 1.165) is 49.3 Å². The predicted molar refractivity (Wildman–Crippen MR) is 145 cm³/mol. The van der Waals surface area contributed by atoms with Gasteiger partial charge in [0.05, 0.1) is 17.7 Å². The number of hydrogen-bond donors (Lipinski definition) is 0. The topological polar surface area (TPSA) is 39.4 Å². The normalized spacial score (nSPS) is 13.7. The van der Waals surface area contributed by atoms with Crippen molar-refractivity contribution in [2.45, 2.75) is 52.0 Å². The number of aliphatic imine (C=N–C) groups is 1. The van der Waals surface area contributed by atoms with Crippen LogP contribution in [0.5, 0.6) is 0 Å². The van der Waals surface area contributed by atoms with Crippen molar-refractivity contribution < 1.29 is 0 Å². The Labute approximate surface area is 209 Å². The Morgan fingerprint density at radius 2 is 1.43 bits per heavy atom. The van der Waals surface area contributed by atoms with Gasteiger partial charge < -0.3 is 4.90 Å². The lowest BCUT2D eigenvalue weighted by Gasteiger charge is -2.39. The van der Waals surface area contributed by atoms with E-state index in [0.29, 0.717) is 5.56 Å². The Morgan fingerprint density at radius 1 is 0.857 bits per heavy atom. The van der Waals surface area contributed by atoms with Crippen molar-refractivity contribution in [1.82, 2.24) is 4.90 Å². The Balaban J connectivity index is 1.55. The molecule has 0 aliphatic carbocycles. The van der Waals surface area contributed by atoms with E-state index in [1.54, 1.807) is 0 Å². The molecule has 0 amide bonds. The van der Waals surface area contributed by atoms with Crippen LogP contribution in [-0.4, -0.2) is 10.7 Å². The van der Waals surface area contributed by atoms with Gasteiger partial charge in [0, 0.05) is 11.4 Å². The van der Waals surface area contributed by atoms with Crippen molar-refractivity contribution in [1.29, 1.82) is 5.26 Å². The predicted octanol–water partition coefficient (Wildman–Crippen LogP) is 7.97.